The molecule has 0 aliphatic heterocycles. The van der Waals surface area contributed by atoms with Crippen molar-refractivity contribution >= 4 is 11.7 Å². The first-order valence-electron chi connectivity index (χ1n) is 7.11. The number of hydrogen-bond acceptors (Lipinski definition) is 5. The normalized spacial score (nSPS) is 11.1. The summed E-state index contributed by atoms with van der Waals surface area (Å²) >= 11 is 0. The van der Waals surface area contributed by atoms with Crippen molar-refractivity contribution in [2.75, 3.05) is 39.5 Å². The molecule has 1 amide bonds. The molecule has 6 heteroatoms. The second-order valence-electron chi connectivity index (χ2n) is 5.17. The van der Waals surface area contributed by atoms with Gasteiger partial charge in [-0.2, -0.15) is 0 Å². The van der Waals surface area contributed by atoms with Crippen molar-refractivity contribution in [2.24, 2.45) is 5.92 Å². The lowest BCUT2D eigenvalue weighted by atomic mass is 10.1. The Morgan fingerprint density at radius 2 is 1.70 bits per heavy atom. The molecule has 0 aliphatic carbocycles. The van der Waals surface area contributed by atoms with Crippen LogP contribution in [0.4, 0.5) is 0 Å². The lowest BCUT2D eigenvalue weighted by molar-refractivity contribution is -0.127. The van der Waals surface area contributed by atoms with E-state index in [1.54, 1.807) is 0 Å². The van der Waals surface area contributed by atoms with Gasteiger partial charge in [0.15, 0.2) is 5.78 Å². The van der Waals surface area contributed by atoms with Crippen molar-refractivity contribution in [1.82, 2.24) is 10.6 Å². The largest absolute Gasteiger partial charge is 0.377 e. The summed E-state index contributed by atoms with van der Waals surface area (Å²) in [4.78, 5) is 22.6. The minimum Gasteiger partial charge on any atom is -0.377 e. The molecule has 122 valence electrons. The number of carbonyl (C=O) groups is 2. The Balaban J connectivity index is -0.00000180. The van der Waals surface area contributed by atoms with Crippen LogP contribution in [-0.2, 0) is 19.1 Å². The van der Waals surface area contributed by atoms with Crippen LogP contribution in [-0.4, -0.2) is 57.2 Å². The summed E-state index contributed by atoms with van der Waals surface area (Å²) in [6.07, 6.45) is 0. The number of hydrogen-bond donors (Lipinski definition) is 2. The lowest BCUT2D eigenvalue weighted by Crippen LogP contribution is -2.38. The predicted octanol–water partition coefficient (Wildman–Crippen LogP) is 0.851. The maximum absolute atomic E-state index is 11.3. The summed E-state index contributed by atoms with van der Waals surface area (Å²) in [7, 11) is 0. The van der Waals surface area contributed by atoms with Gasteiger partial charge in [0.1, 0.15) is 6.61 Å². The molecule has 0 unspecified atom stereocenters. The van der Waals surface area contributed by atoms with Crippen LogP contribution in [0.2, 0.25) is 0 Å². The fraction of sp³-hybridized carbons (Fsp3) is 0.857. The Morgan fingerprint density at radius 1 is 1.05 bits per heavy atom. The topological polar surface area (TPSA) is 76.7 Å². The lowest BCUT2D eigenvalue weighted by Gasteiger charge is -2.09. The highest BCUT2D eigenvalue weighted by Gasteiger charge is 2.06. The number of rotatable bonds is 12. The van der Waals surface area contributed by atoms with Crippen LogP contribution >= 0.6 is 0 Å². The van der Waals surface area contributed by atoms with Crippen LogP contribution in [0.5, 0.6) is 0 Å². The minimum atomic E-state index is -0.0407. The number of amides is 1. The second kappa shape index (κ2) is 11.8. The van der Waals surface area contributed by atoms with Gasteiger partial charge < -0.3 is 20.1 Å². The van der Waals surface area contributed by atoms with Crippen LogP contribution in [0.1, 0.15) is 30.5 Å². The molecule has 2 N–H and O–H groups in total. The smallest absolute Gasteiger partial charge is 0.234 e. The first-order valence-corrected chi connectivity index (χ1v) is 7.11. The third-order valence-electron chi connectivity index (χ3n) is 2.50. The van der Waals surface area contributed by atoms with E-state index < -0.39 is 0 Å². The molecule has 0 heterocycles. The highest BCUT2D eigenvalue weighted by Crippen LogP contribution is 1.94. The summed E-state index contributed by atoms with van der Waals surface area (Å²) in [5, 5.41) is 5.77. The highest BCUT2D eigenvalue weighted by atomic mass is 16.5. The standard InChI is InChI=1S/C14H28N2O4.2H2/c1-11(2)13(17)10-20-8-7-19-6-5-15-14(18)9-16-12(3)4;;/h11-12,16H,5-10H2,1-4H3,(H,15,18);2*1H. The van der Waals surface area contributed by atoms with Gasteiger partial charge in [-0.25, -0.2) is 0 Å². The monoisotopic (exact) mass is 292 g/mol. The number of carbonyl (C=O) groups excluding carboxylic acids is 2. The van der Waals surface area contributed by atoms with Crippen LogP contribution in [0.3, 0.4) is 0 Å². The quantitative estimate of drug-likeness (QED) is 0.522. The summed E-state index contributed by atoms with van der Waals surface area (Å²) < 4.78 is 10.5. The van der Waals surface area contributed by atoms with Crippen molar-refractivity contribution < 1.29 is 21.9 Å². The number of ketones is 1. The molecule has 0 bridgehead atoms. The van der Waals surface area contributed by atoms with Gasteiger partial charge >= 0.3 is 0 Å². The fourth-order valence-corrected chi connectivity index (χ4v) is 1.18. The van der Waals surface area contributed by atoms with E-state index in [2.05, 4.69) is 10.6 Å². The summed E-state index contributed by atoms with van der Waals surface area (Å²) in [5.74, 6) is 0.0570. The van der Waals surface area contributed by atoms with E-state index in [1.165, 1.54) is 0 Å². The predicted molar refractivity (Wildman–Crippen MR) is 81.9 cm³/mol. The van der Waals surface area contributed by atoms with E-state index in [0.717, 1.165) is 0 Å². The van der Waals surface area contributed by atoms with E-state index in [4.69, 9.17) is 9.47 Å². The Bertz CT molecular complexity index is 290. The van der Waals surface area contributed by atoms with Crippen LogP contribution in [0, 0.1) is 5.92 Å². The maximum Gasteiger partial charge on any atom is 0.234 e. The average molecular weight is 292 g/mol. The van der Waals surface area contributed by atoms with E-state index in [9.17, 15) is 9.59 Å². The van der Waals surface area contributed by atoms with E-state index in [1.807, 2.05) is 27.7 Å². The number of ether oxygens (including phenoxy) is 2. The molecule has 6 nitrogen and oxygen atoms in total. The molecular weight excluding hydrogens is 260 g/mol. The van der Waals surface area contributed by atoms with Crippen molar-refractivity contribution in [3.05, 3.63) is 0 Å². The summed E-state index contributed by atoms with van der Waals surface area (Å²) in [6, 6.07) is 0.294. The molecule has 0 aliphatic rings. The van der Waals surface area contributed by atoms with Crippen LogP contribution in [0.15, 0.2) is 0 Å². The van der Waals surface area contributed by atoms with Gasteiger partial charge in [-0.3, -0.25) is 9.59 Å². The van der Waals surface area contributed by atoms with E-state index >= 15 is 0 Å². The average Bonchev–Trinajstić information content (AvgIpc) is 2.38. The zero-order chi connectivity index (χ0) is 15.4. The SMILES string of the molecule is CC(C)NCC(=O)NCCOCCOCC(=O)C(C)C.[HH].[HH]. The molecule has 0 aromatic carbocycles. The van der Waals surface area contributed by atoms with Crippen molar-refractivity contribution in [3.63, 3.8) is 0 Å². The van der Waals surface area contributed by atoms with Crippen molar-refractivity contribution in [2.45, 2.75) is 33.7 Å². The van der Waals surface area contributed by atoms with Gasteiger partial charge in [0.05, 0.1) is 26.4 Å². The van der Waals surface area contributed by atoms with Gasteiger partial charge in [-0.1, -0.05) is 27.7 Å². The van der Waals surface area contributed by atoms with Gasteiger partial charge in [0.2, 0.25) is 5.91 Å². The first kappa shape index (κ1) is 19.0. The fourth-order valence-electron chi connectivity index (χ4n) is 1.18. The van der Waals surface area contributed by atoms with Gasteiger partial charge in [-0.15, -0.1) is 0 Å². The highest BCUT2D eigenvalue weighted by molar-refractivity contribution is 5.81. The molecule has 0 radical (unpaired) electrons. The second-order valence-corrected chi connectivity index (χ2v) is 5.17. The number of Topliss-reactive ketones (excluding diaryl/α,β-unsaturated/α-hetero) is 1. The molecule has 0 spiro atoms. The van der Waals surface area contributed by atoms with Crippen LogP contribution in [0.25, 0.3) is 0 Å². The molecule has 0 atom stereocenters. The van der Waals surface area contributed by atoms with Gasteiger partial charge in [-0.05, 0) is 0 Å². The Morgan fingerprint density at radius 3 is 2.30 bits per heavy atom. The maximum atomic E-state index is 11.3. The molecule has 0 fully saturated rings. The number of nitrogens with one attached hydrogen (secondary N) is 2. The zero-order valence-electron chi connectivity index (χ0n) is 13.0. The third-order valence-corrected chi connectivity index (χ3v) is 2.50. The van der Waals surface area contributed by atoms with E-state index in [0.29, 0.717) is 39.0 Å². The molecule has 0 saturated carbocycles. The Labute approximate surface area is 124 Å². The Kier molecular flexibility index (Phi) is 11.2. The molecule has 20 heavy (non-hydrogen) atoms. The third kappa shape index (κ3) is 12.1. The van der Waals surface area contributed by atoms with Crippen molar-refractivity contribution in [3.8, 4) is 0 Å². The van der Waals surface area contributed by atoms with Crippen molar-refractivity contribution in [1.29, 1.82) is 0 Å². The zero-order valence-corrected chi connectivity index (χ0v) is 13.0. The molecule has 0 rings (SSSR count). The van der Waals surface area contributed by atoms with E-state index in [-0.39, 0.29) is 27.1 Å². The first-order chi connectivity index (χ1) is 9.43. The molecule has 0 aromatic rings. The molecular formula is C14H32N2O4. The summed E-state index contributed by atoms with van der Waals surface area (Å²) in [6.45, 7) is 9.85. The minimum absolute atomic E-state index is 0. The van der Waals surface area contributed by atoms with Gasteiger partial charge in [0.25, 0.3) is 0 Å². The molecule has 0 saturated heterocycles. The Hall–Kier alpha value is -0.980. The van der Waals surface area contributed by atoms with Gasteiger partial charge in [0, 0.05) is 21.4 Å². The van der Waals surface area contributed by atoms with Crippen LogP contribution < -0.4 is 10.6 Å². The summed E-state index contributed by atoms with van der Waals surface area (Å²) in [5.41, 5.74) is 0. The molecule has 0 aromatic heterocycles.